The number of ether oxygens (including phenoxy) is 1. The molecular weight excluding hydrogens is 514 g/mol. The highest BCUT2D eigenvalue weighted by atomic mass is 16.5. The topological polar surface area (TPSA) is 87.7 Å². The van der Waals surface area contributed by atoms with E-state index in [1.807, 2.05) is 43.0 Å². The number of amides is 3. The zero-order valence-corrected chi connectivity index (χ0v) is 25.2. The van der Waals surface area contributed by atoms with Gasteiger partial charge in [-0.05, 0) is 68.2 Å². The number of hydrogen-bond acceptors (Lipinski definition) is 4. The number of benzene rings is 1. The van der Waals surface area contributed by atoms with Gasteiger partial charge in [-0.2, -0.15) is 0 Å². The lowest BCUT2D eigenvalue weighted by atomic mass is 9.73. The fourth-order valence-electron chi connectivity index (χ4n) is 8.63. The maximum Gasteiger partial charge on any atom is 0.246 e. The Hall–Kier alpha value is -2.67. The Morgan fingerprint density at radius 2 is 1.59 bits per heavy atom. The van der Waals surface area contributed by atoms with Crippen LogP contribution in [0.1, 0.15) is 89.2 Å². The summed E-state index contributed by atoms with van der Waals surface area (Å²) in [6.45, 7) is 8.51. The van der Waals surface area contributed by atoms with Gasteiger partial charge in [-0.1, -0.05) is 77.0 Å². The Morgan fingerprint density at radius 3 is 2.29 bits per heavy atom. The molecule has 2 N–H and O–H groups in total. The van der Waals surface area contributed by atoms with Crippen molar-refractivity contribution < 1.29 is 19.1 Å². The first-order chi connectivity index (χ1) is 19.7. The maximum absolute atomic E-state index is 14.5. The molecule has 1 aromatic carbocycles. The number of anilines is 1. The molecule has 3 aliphatic heterocycles. The predicted octanol–water partition coefficient (Wildman–Crippen LogP) is 5.45. The van der Waals surface area contributed by atoms with E-state index in [4.69, 9.17) is 4.74 Å². The first-order valence-corrected chi connectivity index (χ1v) is 16.1. The molecule has 3 heterocycles. The van der Waals surface area contributed by atoms with Crippen LogP contribution in [-0.4, -0.2) is 52.5 Å². The molecule has 2 saturated heterocycles. The summed E-state index contributed by atoms with van der Waals surface area (Å²) in [4.78, 5) is 44.6. The van der Waals surface area contributed by atoms with E-state index in [2.05, 4.69) is 30.5 Å². The third kappa shape index (κ3) is 5.02. The second kappa shape index (κ2) is 11.2. The first kappa shape index (κ1) is 28.4. The van der Waals surface area contributed by atoms with E-state index < -0.39 is 29.6 Å². The van der Waals surface area contributed by atoms with Gasteiger partial charge in [-0.3, -0.25) is 14.4 Å². The minimum Gasteiger partial charge on any atom is -0.359 e. The number of fused-ring (bicyclic) bond motifs is 1. The summed E-state index contributed by atoms with van der Waals surface area (Å²) in [5.41, 5.74) is 1.75. The van der Waals surface area contributed by atoms with E-state index in [9.17, 15) is 14.4 Å². The van der Waals surface area contributed by atoms with Gasteiger partial charge in [0, 0.05) is 17.8 Å². The largest absolute Gasteiger partial charge is 0.359 e. The van der Waals surface area contributed by atoms with Crippen LogP contribution in [0, 0.1) is 37.5 Å². The van der Waals surface area contributed by atoms with Crippen molar-refractivity contribution in [3.05, 3.63) is 41.5 Å². The van der Waals surface area contributed by atoms with Gasteiger partial charge in [-0.15, -0.1) is 0 Å². The number of likely N-dealkylation sites (tertiary alicyclic amines) is 1. The van der Waals surface area contributed by atoms with Crippen molar-refractivity contribution in [2.45, 2.75) is 122 Å². The fourth-order valence-corrected chi connectivity index (χ4v) is 8.63. The van der Waals surface area contributed by atoms with Crippen LogP contribution in [0.15, 0.2) is 30.4 Å². The molecule has 7 nitrogen and oxygen atoms in total. The van der Waals surface area contributed by atoms with Crippen LogP contribution in [-0.2, 0) is 19.1 Å². The van der Waals surface area contributed by atoms with Gasteiger partial charge in [0.05, 0.1) is 17.9 Å². The summed E-state index contributed by atoms with van der Waals surface area (Å²) in [5, 5.41) is 6.49. The number of aryl methyl sites for hydroxylation is 2. The van der Waals surface area contributed by atoms with Crippen LogP contribution in [0.3, 0.4) is 0 Å². The number of carbonyl (C=O) groups excluding carboxylic acids is 3. The minimum absolute atomic E-state index is 0.0135. The first-order valence-electron chi connectivity index (χ1n) is 16.1. The van der Waals surface area contributed by atoms with Crippen LogP contribution >= 0.6 is 0 Å². The van der Waals surface area contributed by atoms with Gasteiger partial charge in [0.1, 0.15) is 11.6 Å². The summed E-state index contributed by atoms with van der Waals surface area (Å²) in [6, 6.07) is 5.28. The molecule has 2 aliphatic carbocycles. The van der Waals surface area contributed by atoms with E-state index in [0.29, 0.717) is 11.8 Å². The zero-order chi connectivity index (χ0) is 28.9. The second-order valence-electron chi connectivity index (χ2n) is 13.7. The lowest BCUT2D eigenvalue weighted by Gasteiger charge is -2.40. The highest BCUT2D eigenvalue weighted by molar-refractivity contribution is 6.03. The minimum atomic E-state index is -1.11. The monoisotopic (exact) mass is 561 g/mol. The quantitative estimate of drug-likeness (QED) is 0.468. The Kier molecular flexibility index (Phi) is 7.77. The van der Waals surface area contributed by atoms with Crippen molar-refractivity contribution in [3.8, 4) is 0 Å². The number of rotatable bonds is 5. The van der Waals surface area contributed by atoms with Gasteiger partial charge in [0.15, 0.2) is 0 Å². The number of carbonyl (C=O) groups is 3. The average molecular weight is 562 g/mol. The van der Waals surface area contributed by atoms with Crippen LogP contribution in [0.5, 0.6) is 0 Å². The zero-order valence-electron chi connectivity index (χ0n) is 25.2. The Bertz CT molecular complexity index is 1200. The molecule has 0 aromatic heterocycles. The van der Waals surface area contributed by atoms with E-state index in [0.717, 1.165) is 68.2 Å². The molecule has 8 atom stereocenters. The van der Waals surface area contributed by atoms with E-state index in [1.165, 1.54) is 12.8 Å². The fraction of sp³-hybridized carbons (Fsp3) is 0.676. The van der Waals surface area contributed by atoms with Crippen molar-refractivity contribution >= 4 is 23.4 Å². The molecule has 222 valence electrons. The van der Waals surface area contributed by atoms with Crippen molar-refractivity contribution in [1.82, 2.24) is 10.2 Å². The summed E-state index contributed by atoms with van der Waals surface area (Å²) < 4.78 is 6.63. The molecule has 1 aromatic rings. The molecule has 4 fully saturated rings. The molecule has 6 rings (SSSR count). The molecule has 3 amide bonds. The van der Waals surface area contributed by atoms with E-state index in [-0.39, 0.29) is 29.8 Å². The highest BCUT2D eigenvalue weighted by Crippen LogP contribution is 2.56. The van der Waals surface area contributed by atoms with Gasteiger partial charge in [-0.25, -0.2) is 0 Å². The normalized spacial score (nSPS) is 37.0. The van der Waals surface area contributed by atoms with E-state index >= 15 is 0 Å². The predicted molar refractivity (Wildman–Crippen MR) is 159 cm³/mol. The summed E-state index contributed by atoms with van der Waals surface area (Å²) in [6.07, 6.45) is 14.0. The Morgan fingerprint density at radius 1 is 0.902 bits per heavy atom. The smallest absolute Gasteiger partial charge is 0.246 e. The van der Waals surface area contributed by atoms with Gasteiger partial charge in [0.2, 0.25) is 17.7 Å². The van der Waals surface area contributed by atoms with Crippen LogP contribution in [0.4, 0.5) is 5.69 Å². The van der Waals surface area contributed by atoms with Crippen LogP contribution in [0.25, 0.3) is 0 Å². The standard InChI is InChI=1S/C34H47N3O4/c1-20-17-21(2)19-24(18-20)35-31(38)28-27-15-16-34(41-27)29(28)33(40)37(25-12-8-6-5-7-9-13-25)30(34)32(39)36-26-14-10-11-22(3)23(26)4/h15-19,22-23,25-30H,5-14H2,1-4H3,(H,35,38)(H,36,39)/t22-,23-,26-,27+,28-,29+,30+,34+/m1/s1. The Labute approximate surface area is 244 Å². The molecule has 0 unspecified atom stereocenters. The van der Waals surface area contributed by atoms with Crippen LogP contribution < -0.4 is 10.6 Å². The molecule has 5 aliphatic rings. The van der Waals surface area contributed by atoms with Crippen molar-refractivity contribution in [1.29, 1.82) is 0 Å². The SMILES string of the molecule is Cc1cc(C)cc(NC(=O)[C@@H]2[C@@H]3C=C[C@]4(O3)[C@@H]2C(=O)N(C2CCCCCCC2)[C@H]4C(=O)N[C@@H]2CCC[C@@H](C)[C@H]2C)c1. The molecule has 1 spiro atoms. The highest BCUT2D eigenvalue weighted by Gasteiger charge is 2.73. The summed E-state index contributed by atoms with van der Waals surface area (Å²) in [5.74, 6) is -0.867. The molecule has 0 radical (unpaired) electrons. The lowest BCUT2D eigenvalue weighted by molar-refractivity contribution is -0.144. The Balaban J connectivity index is 1.33. The third-order valence-electron chi connectivity index (χ3n) is 10.9. The second-order valence-corrected chi connectivity index (χ2v) is 13.7. The van der Waals surface area contributed by atoms with E-state index in [1.54, 1.807) is 0 Å². The average Bonchev–Trinajstić information content (AvgIpc) is 3.53. The number of nitrogens with zero attached hydrogens (tertiary/aromatic N) is 1. The van der Waals surface area contributed by atoms with Crippen molar-refractivity contribution in [2.75, 3.05) is 5.32 Å². The summed E-state index contributed by atoms with van der Waals surface area (Å²) >= 11 is 0. The molecule has 41 heavy (non-hydrogen) atoms. The van der Waals surface area contributed by atoms with Gasteiger partial charge < -0.3 is 20.3 Å². The van der Waals surface area contributed by atoms with Gasteiger partial charge in [0.25, 0.3) is 0 Å². The summed E-state index contributed by atoms with van der Waals surface area (Å²) in [7, 11) is 0. The molecule has 2 saturated carbocycles. The lowest BCUT2D eigenvalue weighted by Crippen LogP contribution is -2.59. The molecular formula is C34H47N3O4. The number of hydrogen-bond donors (Lipinski definition) is 2. The third-order valence-corrected chi connectivity index (χ3v) is 10.9. The van der Waals surface area contributed by atoms with Crippen molar-refractivity contribution in [2.24, 2.45) is 23.7 Å². The van der Waals surface area contributed by atoms with Crippen LogP contribution in [0.2, 0.25) is 0 Å². The van der Waals surface area contributed by atoms with Crippen molar-refractivity contribution in [3.63, 3.8) is 0 Å². The number of nitrogens with one attached hydrogen (secondary N) is 2. The maximum atomic E-state index is 14.5. The molecule has 2 bridgehead atoms. The van der Waals surface area contributed by atoms with Gasteiger partial charge >= 0.3 is 0 Å². The molecule has 7 heteroatoms.